The Morgan fingerprint density at radius 3 is 2.72 bits per heavy atom. The van der Waals surface area contributed by atoms with Crippen LogP contribution >= 0.6 is 15.9 Å². The van der Waals surface area contributed by atoms with Gasteiger partial charge in [0.25, 0.3) is 0 Å². The highest BCUT2D eigenvalue weighted by molar-refractivity contribution is 9.10. The van der Waals surface area contributed by atoms with Crippen LogP contribution in [0.3, 0.4) is 0 Å². The van der Waals surface area contributed by atoms with Crippen molar-refractivity contribution in [2.24, 2.45) is 4.99 Å². The van der Waals surface area contributed by atoms with Gasteiger partial charge in [-0.3, -0.25) is 0 Å². The van der Waals surface area contributed by atoms with E-state index in [0.29, 0.717) is 17.1 Å². The van der Waals surface area contributed by atoms with Crippen LogP contribution in [0.1, 0.15) is 26.3 Å². The number of guanidine groups is 1. The molecule has 0 aliphatic rings. The van der Waals surface area contributed by atoms with E-state index in [2.05, 4.69) is 31.6 Å². The fourth-order valence-corrected chi connectivity index (χ4v) is 1.65. The Morgan fingerprint density at radius 2 is 2.17 bits per heavy atom. The van der Waals surface area contributed by atoms with E-state index in [0.717, 1.165) is 18.1 Å². The number of hydrogen-bond acceptors (Lipinski definition) is 1. The zero-order chi connectivity index (χ0) is 13.5. The Labute approximate surface area is 116 Å². The molecule has 0 aromatic heterocycles. The molecule has 0 radical (unpaired) electrons. The molecule has 0 aliphatic carbocycles. The molecule has 1 aromatic carbocycles. The summed E-state index contributed by atoms with van der Waals surface area (Å²) in [5.41, 5.74) is 0.844. The molecule has 0 atom stereocenters. The van der Waals surface area contributed by atoms with Gasteiger partial charge in [-0.25, -0.2) is 9.38 Å². The maximum Gasteiger partial charge on any atom is 0.191 e. The fraction of sp³-hybridized carbons (Fsp3) is 0.462. The molecular formula is C13H19BrFN3. The summed E-state index contributed by atoms with van der Waals surface area (Å²) in [6.07, 6.45) is 0. The Kier molecular flexibility index (Phi) is 6.12. The van der Waals surface area contributed by atoms with Crippen molar-refractivity contribution >= 4 is 21.9 Å². The van der Waals surface area contributed by atoms with Crippen LogP contribution in [-0.4, -0.2) is 18.5 Å². The molecule has 0 saturated heterocycles. The van der Waals surface area contributed by atoms with Crippen molar-refractivity contribution in [3.05, 3.63) is 34.1 Å². The van der Waals surface area contributed by atoms with Crippen LogP contribution in [0.4, 0.5) is 4.39 Å². The van der Waals surface area contributed by atoms with Crippen LogP contribution < -0.4 is 10.6 Å². The lowest BCUT2D eigenvalue weighted by Gasteiger charge is -2.13. The molecule has 2 N–H and O–H groups in total. The highest BCUT2D eigenvalue weighted by Crippen LogP contribution is 2.16. The first-order valence-electron chi connectivity index (χ1n) is 6.01. The van der Waals surface area contributed by atoms with Crippen LogP contribution in [0.15, 0.2) is 27.7 Å². The zero-order valence-corrected chi connectivity index (χ0v) is 12.5. The van der Waals surface area contributed by atoms with Gasteiger partial charge in [-0.15, -0.1) is 0 Å². The summed E-state index contributed by atoms with van der Waals surface area (Å²) in [5.74, 6) is 0.486. The number of hydrogen-bond donors (Lipinski definition) is 2. The molecule has 0 amide bonds. The lowest BCUT2D eigenvalue weighted by molar-refractivity contribution is 0.618. The molecule has 0 unspecified atom stereocenters. The van der Waals surface area contributed by atoms with Crippen LogP contribution in [0.5, 0.6) is 0 Å². The van der Waals surface area contributed by atoms with Gasteiger partial charge in [-0.05, 0) is 54.4 Å². The molecule has 0 fully saturated rings. The van der Waals surface area contributed by atoms with Gasteiger partial charge in [-0.1, -0.05) is 6.07 Å². The van der Waals surface area contributed by atoms with E-state index in [1.54, 1.807) is 6.07 Å². The summed E-state index contributed by atoms with van der Waals surface area (Å²) in [6, 6.07) is 5.36. The van der Waals surface area contributed by atoms with E-state index < -0.39 is 0 Å². The summed E-state index contributed by atoms with van der Waals surface area (Å²) >= 11 is 3.13. The Morgan fingerprint density at radius 1 is 1.44 bits per heavy atom. The Hall–Kier alpha value is -1.10. The van der Waals surface area contributed by atoms with Crippen LogP contribution in [-0.2, 0) is 6.54 Å². The van der Waals surface area contributed by atoms with Crippen molar-refractivity contribution in [3.8, 4) is 0 Å². The highest BCUT2D eigenvalue weighted by Gasteiger charge is 2.02. The summed E-state index contributed by atoms with van der Waals surface area (Å²) in [7, 11) is 0. The van der Waals surface area contributed by atoms with E-state index >= 15 is 0 Å². The van der Waals surface area contributed by atoms with Crippen molar-refractivity contribution in [2.45, 2.75) is 33.4 Å². The number of aliphatic imine (C=N–C) groups is 1. The molecule has 18 heavy (non-hydrogen) atoms. The summed E-state index contributed by atoms with van der Waals surface area (Å²) < 4.78 is 13.8. The second-order valence-electron chi connectivity index (χ2n) is 4.24. The van der Waals surface area contributed by atoms with Crippen molar-refractivity contribution in [2.75, 3.05) is 6.54 Å². The van der Waals surface area contributed by atoms with Crippen LogP contribution in [0.25, 0.3) is 0 Å². The van der Waals surface area contributed by atoms with Crippen molar-refractivity contribution < 1.29 is 4.39 Å². The third-order valence-corrected chi connectivity index (χ3v) is 2.82. The van der Waals surface area contributed by atoms with Gasteiger partial charge in [-0.2, -0.15) is 0 Å². The molecule has 3 nitrogen and oxygen atoms in total. The lowest BCUT2D eigenvalue weighted by atomic mass is 10.2. The van der Waals surface area contributed by atoms with Gasteiger partial charge in [0.1, 0.15) is 5.82 Å². The van der Waals surface area contributed by atoms with Gasteiger partial charge in [0, 0.05) is 12.6 Å². The molecule has 0 bridgehead atoms. The van der Waals surface area contributed by atoms with E-state index in [4.69, 9.17) is 0 Å². The normalized spacial score (nSPS) is 11.8. The first-order chi connectivity index (χ1) is 8.52. The minimum atomic E-state index is -0.260. The first-order valence-corrected chi connectivity index (χ1v) is 6.81. The second kappa shape index (κ2) is 7.36. The predicted molar refractivity (Wildman–Crippen MR) is 77.2 cm³/mol. The summed E-state index contributed by atoms with van der Waals surface area (Å²) in [5, 5.41) is 6.36. The standard InChI is InChI=1S/C13H19BrFN3/c1-4-16-13(18-9(2)3)17-8-10-5-6-11(14)12(15)7-10/h5-7,9H,4,8H2,1-3H3,(H2,16,17,18). The summed E-state index contributed by atoms with van der Waals surface area (Å²) in [6.45, 7) is 7.36. The highest BCUT2D eigenvalue weighted by atomic mass is 79.9. The molecule has 0 saturated carbocycles. The molecule has 100 valence electrons. The Bertz CT molecular complexity index is 419. The third-order valence-electron chi connectivity index (χ3n) is 2.17. The average Bonchev–Trinajstić information content (AvgIpc) is 2.30. The smallest absolute Gasteiger partial charge is 0.191 e. The van der Waals surface area contributed by atoms with Crippen molar-refractivity contribution in [3.63, 3.8) is 0 Å². The van der Waals surface area contributed by atoms with Crippen molar-refractivity contribution in [1.82, 2.24) is 10.6 Å². The molecule has 1 aromatic rings. The number of nitrogens with one attached hydrogen (secondary N) is 2. The fourth-order valence-electron chi connectivity index (χ4n) is 1.40. The molecule has 0 spiro atoms. The van der Waals surface area contributed by atoms with Gasteiger partial charge in [0.2, 0.25) is 0 Å². The quantitative estimate of drug-likeness (QED) is 0.662. The number of rotatable bonds is 4. The maximum atomic E-state index is 13.3. The minimum Gasteiger partial charge on any atom is -0.357 e. The number of halogens is 2. The molecule has 1 rings (SSSR count). The van der Waals surface area contributed by atoms with Gasteiger partial charge in [0.15, 0.2) is 5.96 Å². The average molecular weight is 316 g/mol. The largest absolute Gasteiger partial charge is 0.357 e. The van der Waals surface area contributed by atoms with E-state index in [9.17, 15) is 4.39 Å². The Balaban J connectivity index is 2.71. The number of nitrogens with zero attached hydrogens (tertiary/aromatic N) is 1. The molecule has 0 heterocycles. The minimum absolute atomic E-state index is 0.260. The molecular weight excluding hydrogens is 297 g/mol. The van der Waals surface area contributed by atoms with E-state index in [1.165, 1.54) is 6.07 Å². The SMILES string of the molecule is CCNC(=NCc1ccc(Br)c(F)c1)NC(C)C. The maximum absolute atomic E-state index is 13.3. The molecule has 0 aliphatic heterocycles. The van der Waals surface area contributed by atoms with Crippen LogP contribution in [0.2, 0.25) is 0 Å². The monoisotopic (exact) mass is 315 g/mol. The van der Waals surface area contributed by atoms with Crippen molar-refractivity contribution in [1.29, 1.82) is 0 Å². The van der Waals surface area contributed by atoms with Crippen LogP contribution in [0, 0.1) is 5.82 Å². The lowest BCUT2D eigenvalue weighted by Crippen LogP contribution is -2.40. The second-order valence-corrected chi connectivity index (χ2v) is 5.10. The first kappa shape index (κ1) is 15.0. The van der Waals surface area contributed by atoms with E-state index in [-0.39, 0.29) is 5.82 Å². The number of benzene rings is 1. The molecule has 5 heteroatoms. The van der Waals surface area contributed by atoms with Gasteiger partial charge in [0.05, 0.1) is 11.0 Å². The van der Waals surface area contributed by atoms with Gasteiger partial charge >= 0.3 is 0 Å². The topological polar surface area (TPSA) is 36.4 Å². The van der Waals surface area contributed by atoms with E-state index in [1.807, 2.05) is 26.8 Å². The summed E-state index contributed by atoms with van der Waals surface area (Å²) in [4.78, 5) is 4.41. The zero-order valence-electron chi connectivity index (χ0n) is 10.9. The third kappa shape index (κ3) is 5.04. The van der Waals surface area contributed by atoms with Gasteiger partial charge < -0.3 is 10.6 Å². The predicted octanol–water partition coefficient (Wildman–Crippen LogP) is 3.05.